The zero-order valence-corrected chi connectivity index (χ0v) is 21.0. The summed E-state index contributed by atoms with van der Waals surface area (Å²) in [7, 11) is 4.82. The summed E-state index contributed by atoms with van der Waals surface area (Å²) < 4.78 is 10.9. The molecule has 0 radical (unpaired) electrons. The number of aromatic nitrogens is 1. The van der Waals surface area contributed by atoms with Gasteiger partial charge in [0.2, 0.25) is 5.91 Å². The molecule has 2 aliphatic rings. The van der Waals surface area contributed by atoms with Crippen LogP contribution in [0.15, 0.2) is 36.7 Å². The number of nitrogens with one attached hydrogen (secondary N) is 1. The lowest BCUT2D eigenvalue weighted by Crippen LogP contribution is -2.46. The van der Waals surface area contributed by atoms with Crippen molar-refractivity contribution in [2.45, 2.75) is 44.1 Å². The van der Waals surface area contributed by atoms with E-state index in [9.17, 15) is 9.59 Å². The monoisotopic (exact) mass is 480 g/mol. The molecule has 0 bridgehead atoms. The van der Waals surface area contributed by atoms with Crippen molar-refractivity contribution in [2.24, 2.45) is 0 Å². The molecule has 4 rings (SSSR count). The number of rotatable bonds is 8. The van der Waals surface area contributed by atoms with Gasteiger partial charge in [0.05, 0.1) is 26.2 Å². The normalized spacial score (nSPS) is 20.7. The molecular weight excluding hydrogens is 444 g/mol. The quantitative estimate of drug-likeness (QED) is 0.583. The third-order valence-electron chi connectivity index (χ3n) is 7.13. The molecule has 188 valence electrons. The van der Waals surface area contributed by atoms with Crippen LogP contribution in [-0.4, -0.2) is 74.0 Å². The van der Waals surface area contributed by atoms with Gasteiger partial charge in [0.15, 0.2) is 11.5 Å². The first kappa shape index (κ1) is 25.0. The molecule has 3 heterocycles. The van der Waals surface area contributed by atoms with Crippen LogP contribution in [0.1, 0.15) is 65.5 Å². The van der Waals surface area contributed by atoms with E-state index in [-0.39, 0.29) is 11.8 Å². The molecule has 0 unspecified atom stereocenters. The highest BCUT2D eigenvalue weighted by molar-refractivity contribution is 6.02. The van der Waals surface area contributed by atoms with Crippen LogP contribution in [0.25, 0.3) is 0 Å². The summed E-state index contributed by atoms with van der Waals surface area (Å²) in [5.41, 5.74) is 1.91. The Kier molecular flexibility index (Phi) is 8.23. The van der Waals surface area contributed by atoms with Gasteiger partial charge >= 0.3 is 0 Å². The lowest BCUT2D eigenvalue weighted by atomic mass is 9.79. The van der Waals surface area contributed by atoms with Gasteiger partial charge in [0.25, 0.3) is 5.91 Å². The average molecular weight is 481 g/mol. The summed E-state index contributed by atoms with van der Waals surface area (Å²) in [5.74, 6) is 0.0781. The average Bonchev–Trinajstić information content (AvgIpc) is 3.17. The Balaban J connectivity index is 1.60. The smallest absolute Gasteiger partial charge is 0.254 e. The minimum absolute atomic E-state index is 0.109. The highest BCUT2D eigenvalue weighted by Gasteiger charge is 2.43. The van der Waals surface area contributed by atoms with Crippen LogP contribution >= 0.6 is 0 Å². The van der Waals surface area contributed by atoms with Gasteiger partial charge in [-0.2, -0.15) is 0 Å². The van der Waals surface area contributed by atoms with Crippen LogP contribution in [0, 0.1) is 0 Å². The number of hydrogen-bond acceptors (Lipinski definition) is 6. The zero-order chi connectivity index (χ0) is 24.8. The molecule has 1 aromatic carbocycles. The summed E-state index contributed by atoms with van der Waals surface area (Å²) in [6.07, 6.45) is 9.43. The Morgan fingerprint density at radius 1 is 1.11 bits per heavy atom. The number of carbonyl (C=O) groups is 2. The molecule has 2 aromatic rings. The molecule has 1 fully saturated rings. The highest BCUT2D eigenvalue weighted by Crippen LogP contribution is 2.45. The first-order chi connectivity index (χ1) is 17.0. The Hall–Kier alpha value is -3.13. The van der Waals surface area contributed by atoms with Gasteiger partial charge in [0, 0.05) is 31.5 Å². The minimum atomic E-state index is -0.602. The van der Waals surface area contributed by atoms with Gasteiger partial charge in [-0.25, -0.2) is 0 Å². The minimum Gasteiger partial charge on any atom is -0.493 e. The standard InChI is InChI=1S/C27H36N4O4/c1-30-25(19-10-8-11-28-18-19)24(20-16-22(34-2)23(35-3)17-21(20)27(30)33)26(32)29-12-9-15-31-13-6-4-5-7-14-31/h8,10-11,16-18,24-25H,4-7,9,12-15H2,1-3H3,(H,29,32)/t24-,25-/m0/s1. The molecule has 2 aliphatic heterocycles. The summed E-state index contributed by atoms with van der Waals surface area (Å²) in [6.45, 7) is 3.85. The van der Waals surface area contributed by atoms with E-state index in [2.05, 4.69) is 15.2 Å². The first-order valence-electron chi connectivity index (χ1n) is 12.5. The van der Waals surface area contributed by atoms with E-state index in [1.54, 1.807) is 43.6 Å². The first-order valence-corrected chi connectivity index (χ1v) is 12.5. The third kappa shape index (κ3) is 5.42. The van der Waals surface area contributed by atoms with Gasteiger partial charge in [-0.3, -0.25) is 14.6 Å². The number of carbonyl (C=O) groups excluding carboxylic acids is 2. The lowest BCUT2D eigenvalue weighted by molar-refractivity contribution is -0.124. The van der Waals surface area contributed by atoms with Crippen molar-refractivity contribution < 1.29 is 19.1 Å². The molecule has 35 heavy (non-hydrogen) atoms. The molecule has 8 nitrogen and oxygen atoms in total. The second-order valence-corrected chi connectivity index (χ2v) is 9.32. The summed E-state index contributed by atoms with van der Waals surface area (Å²) in [4.78, 5) is 35.4. The van der Waals surface area contributed by atoms with Gasteiger partial charge in [-0.1, -0.05) is 18.9 Å². The van der Waals surface area contributed by atoms with E-state index >= 15 is 0 Å². The van der Waals surface area contributed by atoms with Gasteiger partial charge in [-0.15, -0.1) is 0 Å². The molecule has 1 saturated heterocycles. The van der Waals surface area contributed by atoms with Crippen LogP contribution in [0.3, 0.4) is 0 Å². The zero-order valence-electron chi connectivity index (χ0n) is 21.0. The maximum absolute atomic E-state index is 13.7. The Bertz CT molecular complexity index is 1020. The van der Waals surface area contributed by atoms with Gasteiger partial charge in [-0.05, 0) is 68.2 Å². The van der Waals surface area contributed by atoms with Crippen LogP contribution < -0.4 is 14.8 Å². The topological polar surface area (TPSA) is 84.0 Å². The van der Waals surface area contributed by atoms with Crippen molar-refractivity contribution >= 4 is 11.8 Å². The van der Waals surface area contributed by atoms with Gasteiger partial charge < -0.3 is 24.6 Å². The van der Waals surface area contributed by atoms with Crippen molar-refractivity contribution in [1.29, 1.82) is 0 Å². The molecule has 2 amide bonds. The fraction of sp³-hybridized carbons (Fsp3) is 0.519. The fourth-order valence-corrected chi connectivity index (χ4v) is 5.28. The Morgan fingerprint density at radius 3 is 2.49 bits per heavy atom. The van der Waals surface area contributed by atoms with Crippen LogP contribution in [0.5, 0.6) is 11.5 Å². The number of hydrogen-bond donors (Lipinski definition) is 1. The number of nitrogens with zero attached hydrogens (tertiary/aromatic N) is 3. The maximum atomic E-state index is 13.7. The summed E-state index contributed by atoms with van der Waals surface area (Å²) in [6, 6.07) is 6.70. The number of ether oxygens (including phenoxy) is 2. The highest BCUT2D eigenvalue weighted by atomic mass is 16.5. The molecule has 8 heteroatoms. The molecule has 1 aromatic heterocycles. The Labute approximate surface area is 207 Å². The number of amides is 2. The molecule has 0 aliphatic carbocycles. The second-order valence-electron chi connectivity index (χ2n) is 9.32. The largest absolute Gasteiger partial charge is 0.493 e. The predicted octanol–water partition coefficient (Wildman–Crippen LogP) is 3.39. The number of methoxy groups -OCH3 is 2. The van der Waals surface area contributed by atoms with E-state index in [1.165, 1.54) is 32.8 Å². The van der Waals surface area contributed by atoms with Crippen molar-refractivity contribution in [3.63, 3.8) is 0 Å². The molecule has 0 saturated carbocycles. The van der Waals surface area contributed by atoms with Crippen molar-refractivity contribution in [3.8, 4) is 11.5 Å². The number of likely N-dealkylation sites (N-methyl/N-ethyl adjacent to an activating group) is 1. The van der Waals surface area contributed by atoms with Crippen molar-refractivity contribution in [2.75, 3.05) is 47.4 Å². The predicted molar refractivity (Wildman–Crippen MR) is 134 cm³/mol. The van der Waals surface area contributed by atoms with E-state index in [0.717, 1.165) is 31.6 Å². The second kappa shape index (κ2) is 11.5. The summed E-state index contributed by atoms with van der Waals surface area (Å²) in [5, 5.41) is 3.15. The van der Waals surface area contributed by atoms with Gasteiger partial charge in [0.1, 0.15) is 0 Å². The van der Waals surface area contributed by atoms with Crippen LogP contribution in [0.2, 0.25) is 0 Å². The van der Waals surface area contributed by atoms with E-state index in [0.29, 0.717) is 29.2 Å². The van der Waals surface area contributed by atoms with Crippen molar-refractivity contribution in [3.05, 3.63) is 53.3 Å². The summed E-state index contributed by atoms with van der Waals surface area (Å²) >= 11 is 0. The Morgan fingerprint density at radius 2 is 1.83 bits per heavy atom. The SMILES string of the molecule is COc1cc2c(cc1OC)[C@H](C(=O)NCCCN1CCCCCC1)[C@H](c1cccnc1)N(C)C2=O. The maximum Gasteiger partial charge on any atom is 0.254 e. The molecule has 2 atom stereocenters. The van der Waals surface area contributed by atoms with E-state index < -0.39 is 12.0 Å². The number of benzene rings is 1. The van der Waals surface area contributed by atoms with E-state index in [1.807, 2.05) is 12.1 Å². The fourth-order valence-electron chi connectivity index (χ4n) is 5.28. The number of pyridine rings is 1. The van der Waals surface area contributed by atoms with E-state index in [4.69, 9.17) is 9.47 Å². The van der Waals surface area contributed by atoms with Crippen LogP contribution in [-0.2, 0) is 4.79 Å². The lowest BCUT2D eigenvalue weighted by Gasteiger charge is -2.40. The number of likely N-dealkylation sites (tertiary alicyclic amines) is 1. The molecular formula is C27H36N4O4. The third-order valence-corrected chi connectivity index (χ3v) is 7.13. The molecule has 1 N–H and O–H groups in total. The van der Waals surface area contributed by atoms with Crippen LogP contribution in [0.4, 0.5) is 0 Å². The molecule has 0 spiro atoms. The van der Waals surface area contributed by atoms with Crippen molar-refractivity contribution in [1.82, 2.24) is 20.1 Å². The number of fused-ring (bicyclic) bond motifs is 1.